The Morgan fingerprint density at radius 2 is 2.20 bits per heavy atom. The average molecular weight is 275 g/mol. The third kappa shape index (κ3) is 3.82. The first-order chi connectivity index (χ1) is 9.81. The lowest BCUT2D eigenvalue weighted by atomic mass is 10.2. The van der Waals surface area contributed by atoms with Gasteiger partial charge in [0.1, 0.15) is 11.3 Å². The Morgan fingerprint density at radius 1 is 1.35 bits per heavy atom. The minimum atomic E-state index is -0.460. The number of ether oxygens (including phenoxy) is 1. The molecule has 0 spiro atoms. The summed E-state index contributed by atoms with van der Waals surface area (Å²) in [6, 6.07) is 9.97. The lowest BCUT2D eigenvalue weighted by Gasteiger charge is -2.11. The largest absolute Gasteiger partial charge is 0.460 e. The first-order valence-electron chi connectivity index (χ1n) is 7.25. The highest BCUT2D eigenvalue weighted by Gasteiger charge is 2.21. The third-order valence-electron chi connectivity index (χ3n) is 3.52. The summed E-state index contributed by atoms with van der Waals surface area (Å²) in [5.41, 5.74) is 0.901. The average Bonchev–Trinajstić information content (AvgIpc) is 3.17. The van der Waals surface area contributed by atoms with Crippen molar-refractivity contribution in [3.8, 4) is 0 Å². The first kappa shape index (κ1) is 13.6. The Bertz CT molecular complexity index is 514. The van der Waals surface area contributed by atoms with Gasteiger partial charge in [0.15, 0.2) is 0 Å². The van der Waals surface area contributed by atoms with Gasteiger partial charge in [-0.2, -0.15) is 0 Å². The minimum Gasteiger partial charge on any atom is -0.460 e. The molecule has 0 saturated heterocycles. The summed E-state index contributed by atoms with van der Waals surface area (Å²) in [5, 5.41) is 14.1. The van der Waals surface area contributed by atoms with Crippen LogP contribution in [0.2, 0.25) is 0 Å². The van der Waals surface area contributed by atoms with Crippen LogP contribution in [0.5, 0.6) is 0 Å². The van der Waals surface area contributed by atoms with Crippen LogP contribution in [0, 0.1) is 5.92 Å². The molecule has 4 heteroatoms. The van der Waals surface area contributed by atoms with Crippen molar-refractivity contribution >= 4 is 11.0 Å². The second kappa shape index (κ2) is 6.39. The standard InChI is InChI=1S/C16H21NO3/c18-14(11-19-10-12-5-6-12)8-17-9-15-7-13-3-1-2-4-16(13)20-15/h1-4,7,12,14,17-18H,5-6,8-11H2. The molecule has 0 amide bonds. The molecule has 2 N–H and O–H groups in total. The van der Waals surface area contributed by atoms with Crippen LogP contribution in [0.3, 0.4) is 0 Å². The molecule has 108 valence electrons. The van der Waals surface area contributed by atoms with Gasteiger partial charge in [0.05, 0.1) is 19.3 Å². The van der Waals surface area contributed by atoms with E-state index in [2.05, 4.69) is 5.32 Å². The number of rotatable bonds is 8. The van der Waals surface area contributed by atoms with Crippen molar-refractivity contribution in [1.29, 1.82) is 0 Å². The number of hydrogen-bond donors (Lipinski definition) is 2. The van der Waals surface area contributed by atoms with E-state index in [-0.39, 0.29) is 0 Å². The molecule has 1 saturated carbocycles. The van der Waals surface area contributed by atoms with Crippen molar-refractivity contribution in [3.63, 3.8) is 0 Å². The van der Waals surface area contributed by atoms with Crippen molar-refractivity contribution < 1.29 is 14.3 Å². The summed E-state index contributed by atoms with van der Waals surface area (Å²) in [4.78, 5) is 0. The highest BCUT2D eigenvalue weighted by Crippen LogP contribution is 2.28. The number of hydrogen-bond acceptors (Lipinski definition) is 4. The summed E-state index contributed by atoms with van der Waals surface area (Å²) in [7, 11) is 0. The molecule has 1 unspecified atom stereocenters. The summed E-state index contributed by atoms with van der Waals surface area (Å²) < 4.78 is 11.2. The zero-order chi connectivity index (χ0) is 13.8. The summed E-state index contributed by atoms with van der Waals surface area (Å²) in [6.45, 7) is 2.33. The summed E-state index contributed by atoms with van der Waals surface area (Å²) >= 11 is 0. The number of furan rings is 1. The maximum absolute atomic E-state index is 9.78. The van der Waals surface area contributed by atoms with E-state index in [1.165, 1.54) is 12.8 Å². The van der Waals surface area contributed by atoms with Gasteiger partial charge in [-0.1, -0.05) is 18.2 Å². The van der Waals surface area contributed by atoms with Gasteiger partial charge in [-0.15, -0.1) is 0 Å². The van der Waals surface area contributed by atoms with Crippen LogP contribution in [0.15, 0.2) is 34.7 Å². The topological polar surface area (TPSA) is 54.6 Å². The monoisotopic (exact) mass is 275 g/mol. The van der Waals surface area contributed by atoms with E-state index in [1.54, 1.807) is 0 Å². The normalized spacial score (nSPS) is 16.6. The van der Waals surface area contributed by atoms with Gasteiger partial charge in [-0.05, 0) is 30.9 Å². The minimum absolute atomic E-state index is 0.406. The van der Waals surface area contributed by atoms with E-state index in [1.807, 2.05) is 30.3 Å². The predicted octanol–water partition coefficient (Wildman–Crippen LogP) is 2.31. The van der Waals surface area contributed by atoms with Gasteiger partial charge < -0.3 is 19.6 Å². The Morgan fingerprint density at radius 3 is 3.00 bits per heavy atom. The Balaban J connectivity index is 1.37. The number of nitrogens with one attached hydrogen (secondary N) is 1. The van der Waals surface area contributed by atoms with Gasteiger partial charge in [-0.3, -0.25) is 0 Å². The molecule has 1 aromatic heterocycles. The van der Waals surface area contributed by atoms with Crippen LogP contribution in [0.4, 0.5) is 0 Å². The zero-order valence-electron chi connectivity index (χ0n) is 11.5. The molecule has 0 bridgehead atoms. The van der Waals surface area contributed by atoms with Crippen LogP contribution < -0.4 is 5.32 Å². The molecule has 0 aliphatic heterocycles. The number of para-hydroxylation sites is 1. The molecule has 1 aliphatic rings. The van der Waals surface area contributed by atoms with Crippen LogP contribution in [0.25, 0.3) is 11.0 Å². The third-order valence-corrected chi connectivity index (χ3v) is 3.52. The van der Waals surface area contributed by atoms with E-state index in [0.29, 0.717) is 19.7 Å². The molecule has 1 heterocycles. The van der Waals surface area contributed by atoms with Crippen molar-refractivity contribution in [3.05, 3.63) is 36.1 Å². The molecule has 20 heavy (non-hydrogen) atoms. The molecule has 1 aromatic carbocycles. The van der Waals surface area contributed by atoms with E-state index in [0.717, 1.165) is 29.3 Å². The van der Waals surface area contributed by atoms with Crippen LogP contribution in [0.1, 0.15) is 18.6 Å². The Hall–Kier alpha value is -1.36. The van der Waals surface area contributed by atoms with Gasteiger partial charge in [0.2, 0.25) is 0 Å². The zero-order valence-corrected chi connectivity index (χ0v) is 11.5. The number of aliphatic hydroxyl groups excluding tert-OH is 1. The van der Waals surface area contributed by atoms with E-state index in [4.69, 9.17) is 9.15 Å². The number of aliphatic hydroxyl groups is 1. The second-order valence-electron chi connectivity index (χ2n) is 5.52. The second-order valence-corrected chi connectivity index (χ2v) is 5.52. The van der Waals surface area contributed by atoms with Crippen molar-refractivity contribution in [2.24, 2.45) is 5.92 Å². The van der Waals surface area contributed by atoms with Crippen molar-refractivity contribution in [2.75, 3.05) is 19.8 Å². The molecular formula is C16H21NO3. The number of benzene rings is 1. The lowest BCUT2D eigenvalue weighted by molar-refractivity contribution is 0.0322. The van der Waals surface area contributed by atoms with Crippen molar-refractivity contribution in [1.82, 2.24) is 5.32 Å². The fraction of sp³-hybridized carbons (Fsp3) is 0.500. The Kier molecular flexibility index (Phi) is 4.35. The summed E-state index contributed by atoms with van der Waals surface area (Å²) in [6.07, 6.45) is 2.10. The Labute approximate surface area is 118 Å². The maximum atomic E-state index is 9.78. The van der Waals surface area contributed by atoms with Gasteiger partial charge in [0, 0.05) is 18.5 Å². The van der Waals surface area contributed by atoms with Gasteiger partial charge >= 0.3 is 0 Å². The highest BCUT2D eigenvalue weighted by atomic mass is 16.5. The molecule has 3 rings (SSSR count). The fourth-order valence-corrected chi connectivity index (χ4v) is 2.20. The molecule has 0 radical (unpaired) electrons. The van der Waals surface area contributed by atoms with Crippen molar-refractivity contribution in [2.45, 2.75) is 25.5 Å². The fourth-order valence-electron chi connectivity index (χ4n) is 2.20. The van der Waals surface area contributed by atoms with E-state index < -0.39 is 6.10 Å². The summed E-state index contributed by atoms with van der Waals surface area (Å²) in [5.74, 6) is 1.63. The van der Waals surface area contributed by atoms with Crippen LogP contribution in [-0.4, -0.2) is 31.0 Å². The lowest BCUT2D eigenvalue weighted by Crippen LogP contribution is -2.30. The number of fused-ring (bicyclic) bond motifs is 1. The molecule has 1 atom stereocenters. The molecule has 4 nitrogen and oxygen atoms in total. The highest BCUT2D eigenvalue weighted by molar-refractivity contribution is 5.77. The molecular weight excluding hydrogens is 254 g/mol. The van der Waals surface area contributed by atoms with E-state index in [9.17, 15) is 5.11 Å². The molecule has 1 aliphatic carbocycles. The van der Waals surface area contributed by atoms with Crippen LogP contribution in [-0.2, 0) is 11.3 Å². The van der Waals surface area contributed by atoms with Crippen LogP contribution >= 0.6 is 0 Å². The van der Waals surface area contributed by atoms with E-state index >= 15 is 0 Å². The van der Waals surface area contributed by atoms with Gasteiger partial charge in [-0.25, -0.2) is 0 Å². The maximum Gasteiger partial charge on any atom is 0.134 e. The smallest absolute Gasteiger partial charge is 0.134 e. The first-order valence-corrected chi connectivity index (χ1v) is 7.25. The predicted molar refractivity (Wildman–Crippen MR) is 77.5 cm³/mol. The molecule has 2 aromatic rings. The quantitative estimate of drug-likeness (QED) is 0.776. The van der Waals surface area contributed by atoms with Gasteiger partial charge in [0.25, 0.3) is 0 Å². The molecule has 1 fully saturated rings. The SMILES string of the molecule is OC(CNCc1cc2ccccc2o1)COCC1CC1.